The fraction of sp³-hybridized carbons (Fsp3) is 0.500. The van der Waals surface area contributed by atoms with Crippen LogP contribution in [0.1, 0.15) is 26.2 Å². The molecule has 1 aliphatic rings. The lowest BCUT2D eigenvalue weighted by Gasteiger charge is -2.14. The summed E-state index contributed by atoms with van der Waals surface area (Å²) in [5.74, 6) is 0.0279. The van der Waals surface area contributed by atoms with Gasteiger partial charge >= 0.3 is 5.97 Å². The van der Waals surface area contributed by atoms with Crippen molar-refractivity contribution >= 4 is 11.8 Å². The standard InChI is InChI=1S/C12H16O4/c1-9(13)10-4-6-11(7-5-10)16-8-2-3-12(14)15/h4,6-7,10H,2-3,5,8H2,1H3,(H,14,15). The van der Waals surface area contributed by atoms with Gasteiger partial charge in [-0.15, -0.1) is 0 Å². The lowest BCUT2D eigenvalue weighted by Crippen LogP contribution is -2.10. The van der Waals surface area contributed by atoms with Gasteiger partial charge < -0.3 is 9.84 Å². The number of hydrogen-bond acceptors (Lipinski definition) is 3. The van der Waals surface area contributed by atoms with E-state index in [1.54, 1.807) is 13.0 Å². The van der Waals surface area contributed by atoms with Crippen LogP contribution in [0.15, 0.2) is 24.0 Å². The number of hydrogen-bond donors (Lipinski definition) is 1. The molecular weight excluding hydrogens is 208 g/mol. The molecule has 0 heterocycles. The summed E-state index contributed by atoms with van der Waals surface area (Å²) in [6.45, 7) is 1.97. The summed E-state index contributed by atoms with van der Waals surface area (Å²) in [5.41, 5.74) is 0. The molecule has 0 aromatic heterocycles. The average Bonchev–Trinajstić information content (AvgIpc) is 2.25. The molecule has 88 valence electrons. The highest BCUT2D eigenvalue weighted by Crippen LogP contribution is 2.18. The van der Waals surface area contributed by atoms with E-state index in [1.807, 2.05) is 12.2 Å². The first-order valence-corrected chi connectivity index (χ1v) is 5.33. The monoisotopic (exact) mass is 224 g/mol. The summed E-state index contributed by atoms with van der Waals surface area (Å²) < 4.78 is 5.36. The number of ether oxygens (including phenoxy) is 1. The largest absolute Gasteiger partial charge is 0.494 e. The topological polar surface area (TPSA) is 63.6 Å². The van der Waals surface area contributed by atoms with Crippen molar-refractivity contribution < 1.29 is 19.4 Å². The van der Waals surface area contributed by atoms with Crippen LogP contribution in [0.5, 0.6) is 0 Å². The maximum absolute atomic E-state index is 11.1. The third-order valence-electron chi connectivity index (χ3n) is 2.39. The predicted molar refractivity (Wildman–Crippen MR) is 58.8 cm³/mol. The highest BCUT2D eigenvalue weighted by Gasteiger charge is 2.13. The first kappa shape index (κ1) is 12.5. The van der Waals surface area contributed by atoms with Gasteiger partial charge in [-0.25, -0.2) is 0 Å². The second kappa shape index (κ2) is 6.10. The van der Waals surface area contributed by atoms with Crippen molar-refractivity contribution in [2.75, 3.05) is 6.61 Å². The van der Waals surface area contributed by atoms with E-state index in [-0.39, 0.29) is 18.1 Å². The van der Waals surface area contributed by atoms with Crippen LogP contribution in [0, 0.1) is 5.92 Å². The number of carboxylic acid groups (broad SMARTS) is 1. The molecule has 4 heteroatoms. The number of allylic oxidation sites excluding steroid dienone is 3. The summed E-state index contributed by atoms with van der Waals surface area (Å²) in [4.78, 5) is 21.3. The fourth-order valence-electron chi connectivity index (χ4n) is 1.42. The van der Waals surface area contributed by atoms with Crippen LogP contribution in [-0.2, 0) is 14.3 Å². The Balaban J connectivity index is 2.23. The van der Waals surface area contributed by atoms with E-state index in [4.69, 9.17) is 9.84 Å². The third-order valence-corrected chi connectivity index (χ3v) is 2.39. The number of carboxylic acids is 1. The minimum atomic E-state index is -0.812. The molecule has 0 saturated carbocycles. The number of aliphatic carboxylic acids is 1. The molecule has 1 aliphatic carbocycles. The van der Waals surface area contributed by atoms with Gasteiger partial charge in [0.25, 0.3) is 0 Å². The Kier molecular flexibility index (Phi) is 4.76. The molecule has 0 spiro atoms. The smallest absolute Gasteiger partial charge is 0.303 e. The zero-order valence-corrected chi connectivity index (χ0v) is 9.31. The van der Waals surface area contributed by atoms with Crippen LogP contribution in [0.4, 0.5) is 0 Å². The van der Waals surface area contributed by atoms with Gasteiger partial charge in [0, 0.05) is 12.3 Å². The molecule has 4 nitrogen and oxygen atoms in total. The maximum atomic E-state index is 11.1. The Morgan fingerprint density at radius 1 is 1.56 bits per heavy atom. The second-order valence-corrected chi connectivity index (χ2v) is 3.76. The van der Waals surface area contributed by atoms with Crippen molar-refractivity contribution in [3.05, 3.63) is 24.0 Å². The van der Waals surface area contributed by atoms with Crippen LogP contribution in [-0.4, -0.2) is 23.5 Å². The number of ketones is 1. The molecule has 0 aromatic rings. The van der Waals surface area contributed by atoms with Crippen molar-refractivity contribution in [1.29, 1.82) is 0 Å². The SMILES string of the molecule is CC(=O)C1C=CC(OCCCC(=O)O)=CC1. The van der Waals surface area contributed by atoms with E-state index in [9.17, 15) is 9.59 Å². The number of Topliss-reactive ketones (excluding diaryl/α,β-unsaturated/α-hetero) is 1. The number of carbonyl (C=O) groups excluding carboxylic acids is 1. The zero-order valence-electron chi connectivity index (χ0n) is 9.31. The molecule has 0 saturated heterocycles. The van der Waals surface area contributed by atoms with E-state index in [0.29, 0.717) is 19.4 Å². The highest BCUT2D eigenvalue weighted by atomic mass is 16.5. The molecule has 0 bridgehead atoms. The van der Waals surface area contributed by atoms with Crippen molar-refractivity contribution in [3.63, 3.8) is 0 Å². The molecule has 0 fully saturated rings. The molecule has 0 radical (unpaired) electrons. The first-order chi connectivity index (χ1) is 7.59. The van der Waals surface area contributed by atoms with Gasteiger partial charge in [0.15, 0.2) is 0 Å². The zero-order chi connectivity index (χ0) is 12.0. The molecule has 1 rings (SSSR count). The van der Waals surface area contributed by atoms with Gasteiger partial charge in [0.1, 0.15) is 11.5 Å². The van der Waals surface area contributed by atoms with Crippen molar-refractivity contribution in [3.8, 4) is 0 Å². The summed E-state index contributed by atoms with van der Waals surface area (Å²) >= 11 is 0. The lowest BCUT2D eigenvalue weighted by atomic mass is 9.96. The fourth-order valence-corrected chi connectivity index (χ4v) is 1.42. The van der Waals surface area contributed by atoms with Crippen LogP contribution in [0.25, 0.3) is 0 Å². The van der Waals surface area contributed by atoms with Gasteiger partial charge in [0.05, 0.1) is 6.61 Å². The molecule has 1 unspecified atom stereocenters. The molecule has 0 aliphatic heterocycles. The summed E-state index contributed by atoms with van der Waals surface area (Å²) in [7, 11) is 0. The third kappa shape index (κ3) is 4.29. The Labute approximate surface area is 94.6 Å². The summed E-state index contributed by atoms with van der Waals surface area (Å²) in [6, 6.07) is 0. The Bertz CT molecular complexity index is 328. The Morgan fingerprint density at radius 2 is 2.31 bits per heavy atom. The van der Waals surface area contributed by atoms with Gasteiger partial charge in [-0.2, -0.15) is 0 Å². The van der Waals surface area contributed by atoms with Crippen molar-refractivity contribution in [2.24, 2.45) is 5.92 Å². The van der Waals surface area contributed by atoms with E-state index in [2.05, 4.69) is 0 Å². The van der Waals surface area contributed by atoms with Gasteiger partial charge in [0.2, 0.25) is 0 Å². The summed E-state index contributed by atoms with van der Waals surface area (Å²) in [6.07, 6.45) is 6.75. The lowest BCUT2D eigenvalue weighted by molar-refractivity contribution is -0.137. The number of rotatable bonds is 6. The van der Waals surface area contributed by atoms with Crippen LogP contribution in [0.2, 0.25) is 0 Å². The van der Waals surface area contributed by atoms with E-state index in [1.165, 1.54) is 0 Å². The molecular formula is C12H16O4. The molecule has 16 heavy (non-hydrogen) atoms. The van der Waals surface area contributed by atoms with E-state index < -0.39 is 5.97 Å². The molecule has 0 aromatic carbocycles. The van der Waals surface area contributed by atoms with Crippen molar-refractivity contribution in [1.82, 2.24) is 0 Å². The molecule has 1 atom stereocenters. The summed E-state index contributed by atoms with van der Waals surface area (Å²) in [5, 5.41) is 8.42. The second-order valence-electron chi connectivity index (χ2n) is 3.76. The number of carbonyl (C=O) groups is 2. The van der Waals surface area contributed by atoms with Crippen LogP contribution < -0.4 is 0 Å². The Hall–Kier alpha value is -1.58. The van der Waals surface area contributed by atoms with Crippen molar-refractivity contribution in [2.45, 2.75) is 26.2 Å². The van der Waals surface area contributed by atoms with Gasteiger partial charge in [-0.1, -0.05) is 6.08 Å². The first-order valence-electron chi connectivity index (χ1n) is 5.33. The van der Waals surface area contributed by atoms with E-state index >= 15 is 0 Å². The minimum Gasteiger partial charge on any atom is -0.494 e. The quantitative estimate of drug-likeness (QED) is 0.700. The predicted octanol–water partition coefficient (Wildman–Crippen LogP) is 1.92. The normalized spacial score (nSPS) is 19.1. The van der Waals surface area contributed by atoms with Crippen LogP contribution in [0.3, 0.4) is 0 Å². The highest BCUT2D eigenvalue weighted by molar-refractivity contribution is 5.80. The Morgan fingerprint density at radius 3 is 2.81 bits per heavy atom. The van der Waals surface area contributed by atoms with Crippen LogP contribution >= 0.6 is 0 Å². The van der Waals surface area contributed by atoms with Gasteiger partial charge in [-0.05, 0) is 31.9 Å². The average molecular weight is 224 g/mol. The molecule has 1 N–H and O–H groups in total. The maximum Gasteiger partial charge on any atom is 0.303 e. The molecule has 0 amide bonds. The van der Waals surface area contributed by atoms with Gasteiger partial charge in [-0.3, -0.25) is 9.59 Å². The van der Waals surface area contributed by atoms with E-state index in [0.717, 1.165) is 5.76 Å². The minimum absolute atomic E-state index is 0.0358.